The van der Waals surface area contributed by atoms with Crippen molar-refractivity contribution in [3.8, 4) is 6.01 Å². The first-order valence-electron chi connectivity index (χ1n) is 29.2. The van der Waals surface area contributed by atoms with Crippen molar-refractivity contribution in [1.29, 1.82) is 0 Å². The van der Waals surface area contributed by atoms with Crippen LogP contribution in [0, 0.1) is 6.57 Å². The van der Waals surface area contributed by atoms with Crippen molar-refractivity contribution in [2.45, 2.75) is 128 Å². The third-order valence-electron chi connectivity index (χ3n) is 16.9. The fraction of sp³-hybridized carbons (Fsp3) is 0.627. The molecule has 4 aliphatic rings. The van der Waals surface area contributed by atoms with Crippen LogP contribution in [0.15, 0.2) is 49.1 Å². The molecule has 2 aromatic carbocycles. The topological polar surface area (TPSA) is 223 Å². The fourth-order valence-electron chi connectivity index (χ4n) is 12.6. The zero-order valence-corrected chi connectivity index (χ0v) is 48.6. The number of hydrogen-bond acceptors (Lipinski definition) is 15. The third kappa shape index (κ3) is 16.5. The highest BCUT2D eigenvalue weighted by atomic mass is 35.5. The number of unbranched alkanes of at least 4 members (excludes halogenated alkanes) is 1. The van der Waals surface area contributed by atoms with E-state index < -0.39 is 17.9 Å². The molecule has 5 heterocycles. The van der Waals surface area contributed by atoms with Gasteiger partial charge in [-0.3, -0.25) is 48.5 Å². The van der Waals surface area contributed by atoms with Crippen LogP contribution in [0.4, 0.5) is 11.5 Å². The maximum absolute atomic E-state index is 14.0. The Morgan fingerprint density at radius 1 is 0.728 bits per heavy atom. The van der Waals surface area contributed by atoms with Crippen LogP contribution in [0.5, 0.6) is 6.01 Å². The average Bonchev–Trinajstić information content (AvgIpc) is 4.06. The van der Waals surface area contributed by atoms with Gasteiger partial charge in [0, 0.05) is 106 Å². The summed E-state index contributed by atoms with van der Waals surface area (Å²) in [5.74, 6) is -2.56. The summed E-state index contributed by atoms with van der Waals surface area (Å²) >= 11 is 6.82. The van der Waals surface area contributed by atoms with Crippen LogP contribution in [-0.4, -0.2) is 232 Å². The molecule has 21 nitrogen and oxygen atoms in total. The molecule has 81 heavy (non-hydrogen) atoms. The summed E-state index contributed by atoms with van der Waals surface area (Å²) in [4.78, 5) is 94.1. The predicted molar refractivity (Wildman–Crippen MR) is 313 cm³/mol. The van der Waals surface area contributed by atoms with Gasteiger partial charge in [-0.15, -0.1) is 0 Å². The minimum absolute atomic E-state index is 0.0519. The molecule has 0 saturated carbocycles. The molecule has 0 bridgehead atoms. The molecule has 2 amide bonds. The van der Waals surface area contributed by atoms with E-state index >= 15 is 0 Å². The number of anilines is 2. The number of piperazine rings is 1. The number of amides is 2. The van der Waals surface area contributed by atoms with Crippen LogP contribution in [0.1, 0.15) is 90.3 Å². The molecule has 1 aromatic heterocycles. The number of carbonyl (C=O) groups is 5. The highest BCUT2D eigenvalue weighted by Crippen LogP contribution is 2.38. The number of aliphatic carboxylic acids is 3. The van der Waals surface area contributed by atoms with Crippen LogP contribution in [0.2, 0.25) is 5.02 Å². The zero-order chi connectivity index (χ0) is 58.2. The Hall–Kier alpha value is -6.15. The largest absolute Gasteiger partial charge is 0.480 e. The van der Waals surface area contributed by atoms with Crippen molar-refractivity contribution >= 4 is 63.6 Å². The van der Waals surface area contributed by atoms with Gasteiger partial charge in [0.2, 0.25) is 18.4 Å². The quantitative estimate of drug-likeness (QED) is 0.0508. The summed E-state index contributed by atoms with van der Waals surface area (Å²) in [6, 6.07) is 11.1. The number of rotatable bonds is 24. The molecule has 22 heteroatoms. The van der Waals surface area contributed by atoms with Gasteiger partial charge in [-0.1, -0.05) is 70.1 Å². The Balaban J connectivity index is 1.01. The number of carboxylic acids is 3. The minimum Gasteiger partial charge on any atom is -0.480 e. The Bertz CT molecular complexity index is 2680. The van der Waals surface area contributed by atoms with E-state index in [1.807, 2.05) is 60.6 Å². The lowest BCUT2D eigenvalue weighted by atomic mass is 10.0. The number of likely N-dealkylation sites (tertiary alicyclic amines) is 1. The van der Waals surface area contributed by atoms with Crippen LogP contribution in [0.3, 0.4) is 0 Å². The van der Waals surface area contributed by atoms with E-state index in [0.717, 1.165) is 72.3 Å². The SMILES string of the molecule is [C-]#[N+]C[C@H]1CN(c2nc(OC[C@@H]3CCCN3CCCCNC(=O)CN3C[C@H](CC)N(CC(=O)O)C[C@H](CC)N(CC(=O)O)C[C@H](CC)N(CC(=O)O)C[C@@H]3CC)nc3c2CCN(c2cccc4cccc(Cl)c24)C3)CCN1C(=O)C=C. The number of hydrogen-bond donors (Lipinski definition) is 4. The summed E-state index contributed by atoms with van der Waals surface area (Å²) in [6.07, 6.45) is 7.84. The lowest BCUT2D eigenvalue weighted by Gasteiger charge is -2.45. The molecule has 0 spiro atoms. The van der Waals surface area contributed by atoms with Gasteiger partial charge in [-0.25, -0.2) is 6.57 Å². The molecule has 4 aliphatic heterocycles. The van der Waals surface area contributed by atoms with E-state index in [9.17, 15) is 39.3 Å². The van der Waals surface area contributed by atoms with Gasteiger partial charge in [0.15, 0.2) is 0 Å². The highest BCUT2D eigenvalue weighted by Gasteiger charge is 2.38. The van der Waals surface area contributed by atoms with Gasteiger partial charge in [0.1, 0.15) is 18.5 Å². The van der Waals surface area contributed by atoms with E-state index in [-0.39, 0.29) is 86.8 Å². The highest BCUT2D eigenvalue weighted by molar-refractivity contribution is 6.36. The van der Waals surface area contributed by atoms with Crippen molar-refractivity contribution in [3.05, 3.63) is 76.8 Å². The molecule has 442 valence electrons. The number of benzene rings is 2. The molecular weight excluding hydrogens is 1060 g/mol. The third-order valence-corrected chi connectivity index (χ3v) is 17.2. The number of nitrogens with one attached hydrogen (secondary N) is 1. The summed E-state index contributed by atoms with van der Waals surface area (Å²) in [5.41, 5.74) is 2.93. The average molecular weight is 1140 g/mol. The maximum Gasteiger partial charge on any atom is 0.318 e. The normalized spacial score (nSPS) is 23.0. The van der Waals surface area contributed by atoms with E-state index in [0.29, 0.717) is 109 Å². The van der Waals surface area contributed by atoms with Crippen molar-refractivity contribution < 1.29 is 44.0 Å². The molecule has 0 radical (unpaired) electrons. The van der Waals surface area contributed by atoms with Crippen LogP contribution >= 0.6 is 11.6 Å². The second kappa shape index (κ2) is 30.2. The van der Waals surface area contributed by atoms with Crippen LogP contribution < -0.4 is 19.9 Å². The molecule has 0 unspecified atom stereocenters. The van der Waals surface area contributed by atoms with E-state index in [1.165, 1.54) is 6.08 Å². The van der Waals surface area contributed by atoms with Crippen molar-refractivity contribution in [1.82, 2.24) is 44.7 Å². The van der Waals surface area contributed by atoms with Gasteiger partial charge >= 0.3 is 23.9 Å². The minimum atomic E-state index is -1.00. The summed E-state index contributed by atoms with van der Waals surface area (Å²) in [5, 5.41) is 36.1. The zero-order valence-electron chi connectivity index (χ0n) is 47.9. The van der Waals surface area contributed by atoms with Crippen LogP contribution in [-0.2, 0) is 36.9 Å². The van der Waals surface area contributed by atoms with Crippen molar-refractivity contribution in [2.24, 2.45) is 0 Å². The first kappa shape index (κ1) is 62.5. The summed E-state index contributed by atoms with van der Waals surface area (Å²) < 4.78 is 6.59. The molecule has 7 rings (SSSR count). The molecule has 4 N–H and O–H groups in total. The Kier molecular flexibility index (Phi) is 23.3. The predicted octanol–water partition coefficient (Wildman–Crippen LogP) is 5.30. The van der Waals surface area contributed by atoms with Crippen LogP contribution in [0.25, 0.3) is 15.6 Å². The number of aromatic nitrogens is 2. The summed E-state index contributed by atoms with van der Waals surface area (Å²) in [6.45, 7) is 25.3. The molecule has 6 atom stereocenters. The second-order valence-corrected chi connectivity index (χ2v) is 22.5. The Morgan fingerprint density at radius 2 is 1.32 bits per heavy atom. The van der Waals surface area contributed by atoms with Gasteiger partial charge in [-0.05, 0) is 94.5 Å². The first-order chi connectivity index (χ1) is 39.1. The first-order valence-corrected chi connectivity index (χ1v) is 29.5. The standard InChI is InChI=1S/C59H85ClN12O9/c1-7-42-31-69(37-54(75)76)44(9-3)33-71(39-56(79)80)45(10-4)32-70(38-55(77)78)43(8-2)30-68(42)36-52(73)62-23-12-13-24-65-25-16-19-46(65)40-81-59-63-50-35-66(51-21-15-18-41-17-14-20-49(60)57(41)51)26-22-48(50)58(64-59)67-27-28-72(53(74)11-5)47(34-67)29-61-6/h11,14-15,17-18,20-21,42-47H,5,7-10,12-13,16,19,22-40H2,1-4H3,(H,62,73)(H,75,76)(H,77,78)(H,79,80)/t42-,43-,44-,45-,46-,47-/m0/s1. The van der Waals surface area contributed by atoms with Crippen molar-refractivity contribution in [2.75, 3.05) is 121 Å². The van der Waals surface area contributed by atoms with Gasteiger partial charge < -0.3 is 44.9 Å². The molecule has 3 saturated heterocycles. The maximum atomic E-state index is 14.0. The molecule has 3 fully saturated rings. The lowest BCUT2D eigenvalue weighted by molar-refractivity contribution is -0.143. The van der Waals surface area contributed by atoms with Crippen molar-refractivity contribution in [3.63, 3.8) is 0 Å². The molecule has 0 aliphatic carbocycles. The Morgan fingerprint density at radius 3 is 1.89 bits per heavy atom. The summed E-state index contributed by atoms with van der Waals surface area (Å²) in [7, 11) is 0. The Labute approximate surface area is 482 Å². The van der Waals surface area contributed by atoms with E-state index in [1.54, 1.807) is 4.90 Å². The van der Waals surface area contributed by atoms with Gasteiger partial charge in [0.05, 0.1) is 43.4 Å². The second-order valence-electron chi connectivity index (χ2n) is 22.1. The molecular formula is C59H85ClN12O9. The number of halogens is 1. The number of nitrogens with zero attached hydrogens (tertiary/aromatic N) is 11. The van der Waals surface area contributed by atoms with Gasteiger partial charge in [-0.2, -0.15) is 9.97 Å². The smallest absolute Gasteiger partial charge is 0.318 e. The van der Waals surface area contributed by atoms with Gasteiger partial charge in [0.25, 0.3) is 0 Å². The number of fused-ring (bicyclic) bond motifs is 2. The number of carboxylic acid groups (broad SMARTS) is 3. The number of carbonyl (C=O) groups excluding carboxylic acids is 2. The lowest BCUT2D eigenvalue weighted by Crippen LogP contribution is -2.60. The fourth-order valence-corrected chi connectivity index (χ4v) is 12.9. The van der Waals surface area contributed by atoms with E-state index in [4.69, 9.17) is 32.9 Å². The monoisotopic (exact) mass is 1140 g/mol. The van der Waals surface area contributed by atoms with E-state index in [2.05, 4.69) is 54.5 Å². The molecule has 3 aromatic rings. The number of ether oxygens (including phenoxy) is 1.